The maximum Gasteiger partial charge on any atom is 0.306 e. The Hall–Kier alpha value is -2.10. The van der Waals surface area contributed by atoms with Crippen LogP contribution >= 0.6 is 0 Å². The molecule has 0 saturated carbocycles. The molecule has 1 N–H and O–H groups in total. The van der Waals surface area contributed by atoms with Gasteiger partial charge >= 0.3 is 5.97 Å². The summed E-state index contributed by atoms with van der Waals surface area (Å²) < 4.78 is 25.3. The molecular formula is C22H36N2O7. The second-order valence-corrected chi connectivity index (χ2v) is 8.04. The number of esters is 1. The first-order valence-electron chi connectivity index (χ1n) is 11.5. The van der Waals surface area contributed by atoms with Crippen LogP contribution in [0.5, 0.6) is 0 Å². The third-order valence-electron chi connectivity index (χ3n) is 5.18. The van der Waals surface area contributed by atoms with Crippen molar-refractivity contribution in [3.63, 3.8) is 0 Å². The quantitative estimate of drug-likeness (QED) is 0.443. The van der Waals surface area contributed by atoms with Crippen LogP contribution < -0.4 is 0 Å². The number of Topliss-reactive ketones (excluding diaryl/α,β-unsaturated/α-hetero) is 2. The smallest absolute Gasteiger partial charge is 0.306 e. The molecule has 0 unspecified atom stereocenters. The van der Waals surface area contributed by atoms with Gasteiger partial charge in [-0.1, -0.05) is 6.92 Å². The summed E-state index contributed by atoms with van der Waals surface area (Å²) in [4.78, 5) is 51.3. The van der Waals surface area contributed by atoms with Gasteiger partial charge in [-0.15, -0.1) is 0 Å². The summed E-state index contributed by atoms with van der Waals surface area (Å²) in [5.74, 6) is -1.09. The number of hydrogen-bond donors (Lipinski definition) is 1. The molecule has 2 atom stereocenters. The zero-order valence-corrected chi connectivity index (χ0v) is 19.1. The number of aliphatic hydroxyl groups is 1. The van der Waals surface area contributed by atoms with Gasteiger partial charge in [0.2, 0.25) is 7.34 Å². The van der Waals surface area contributed by atoms with Crippen LogP contribution in [0.3, 0.4) is 0 Å². The molecule has 2 rings (SSSR count). The van der Waals surface area contributed by atoms with E-state index in [2.05, 4.69) is 10.0 Å². The lowest BCUT2D eigenvalue weighted by molar-refractivity contribution is -0.214. The summed E-state index contributed by atoms with van der Waals surface area (Å²) in [6, 6.07) is 0.117. The van der Waals surface area contributed by atoms with Crippen LogP contribution in [0.4, 0.5) is 0 Å². The first-order valence-corrected chi connectivity index (χ1v) is 10.4. The van der Waals surface area contributed by atoms with Gasteiger partial charge in [0.25, 0.3) is 0 Å². The number of carbonyl (C=O) groups is 4. The molecule has 2 heterocycles. The van der Waals surface area contributed by atoms with Crippen molar-refractivity contribution in [1.29, 1.82) is 1.43 Å². The first-order chi connectivity index (χ1) is 15.5. The molecule has 0 radical (unpaired) electrons. The summed E-state index contributed by atoms with van der Waals surface area (Å²) in [6.45, 7) is 7.88. The van der Waals surface area contributed by atoms with Gasteiger partial charge in [0.15, 0.2) is 5.78 Å². The van der Waals surface area contributed by atoms with Crippen molar-refractivity contribution in [2.75, 3.05) is 26.8 Å². The van der Waals surface area contributed by atoms with Crippen molar-refractivity contribution in [2.45, 2.75) is 78.1 Å². The van der Waals surface area contributed by atoms with Crippen molar-refractivity contribution >= 4 is 23.4 Å². The lowest BCUT2D eigenvalue weighted by Crippen LogP contribution is -2.62. The monoisotopic (exact) mass is 443 g/mol. The van der Waals surface area contributed by atoms with Crippen molar-refractivity contribution in [3.05, 3.63) is 11.8 Å². The first kappa shape index (κ1) is 23.6. The Morgan fingerprint density at radius 1 is 1.45 bits per heavy atom. The van der Waals surface area contributed by atoms with E-state index in [9.17, 15) is 19.2 Å². The number of aliphatic hydroxyl groups excluding tert-OH is 1. The molecule has 0 aliphatic carbocycles. The molecule has 9 nitrogen and oxygen atoms in total. The van der Waals surface area contributed by atoms with Gasteiger partial charge in [0, 0.05) is 52.2 Å². The molecule has 0 aromatic rings. The molecule has 1 saturated heterocycles. The lowest BCUT2D eigenvalue weighted by atomic mass is 10.0. The van der Waals surface area contributed by atoms with E-state index in [1.165, 1.54) is 18.2 Å². The summed E-state index contributed by atoms with van der Waals surface area (Å²) >= 11 is 0. The Kier molecular flexibility index (Phi) is 9.17. The molecule has 0 aromatic heterocycles. The minimum Gasteiger partial charge on any atom is -0.463 e. The van der Waals surface area contributed by atoms with E-state index in [0.717, 1.165) is 0 Å². The zero-order valence-electron chi connectivity index (χ0n) is 21.1. The topological polar surface area (TPSA) is 113 Å². The number of morpholine rings is 1. The van der Waals surface area contributed by atoms with Gasteiger partial charge < -0.3 is 14.6 Å². The fourth-order valence-electron chi connectivity index (χ4n) is 3.28. The van der Waals surface area contributed by atoms with E-state index in [0.29, 0.717) is 25.1 Å². The number of nitrogens with zero attached hydrogens (tertiary/aromatic N) is 2. The molecule has 2 aliphatic rings. The van der Waals surface area contributed by atoms with Gasteiger partial charge in [-0.2, -0.15) is 0 Å². The van der Waals surface area contributed by atoms with Gasteiger partial charge in [-0.05, 0) is 27.7 Å². The largest absolute Gasteiger partial charge is 0.463 e. The summed E-state index contributed by atoms with van der Waals surface area (Å²) in [7, 11) is 1.29. The van der Waals surface area contributed by atoms with Crippen molar-refractivity contribution in [2.24, 2.45) is 0 Å². The highest BCUT2D eigenvalue weighted by molar-refractivity contribution is 6.09. The van der Waals surface area contributed by atoms with Gasteiger partial charge in [0.05, 0.1) is 12.8 Å². The Morgan fingerprint density at radius 2 is 2.13 bits per heavy atom. The van der Waals surface area contributed by atoms with E-state index >= 15 is 0 Å². The van der Waals surface area contributed by atoms with Gasteiger partial charge in [0.1, 0.15) is 24.2 Å². The Morgan fingerprint density at radius 3 is 2.71 bits per heavy atom. The lowest BCUT2D eigenvalue weighted by Gasteiger charge is -2.48. The maximum atomic E-state index is 12.5. The molecule has 0 aromatic carbocycles. The number of ether oxygens (including phenoxy) is 2. The molecule has 176 valence electrons. The predicted octanol–water partition coefficient (Wildman–Crippen LogP) is 1.43. The standard InChI is InChI=1S/C21H32N2O6.CH4O/c1-6-16(24)7-8-20(27)28-13-21(5)12-22(14(2)3)11-19(29-21)23-10-15(4)17(25)9-18(23)26;1-2/h10,14,19H,6-9,11-13H2,1-5H3;2H,1H3/t19-,21+;/m1./s1/i5D;2T. The van der Waals surface area contributed by atoms with E-state index in [4.69, 9.17) is 12.3 Å². The summed E-state index contributed by atoms with van der Waals surface area (Å²) in [5.41, 5.74) is -0.635. The normalized spacial score (nSPS) is 25.3. The van der Waals surface area contributed by atoms with Gasteiger partial charge in [-0.3, -0.25) is 29.0 Å². The highest BCUT2D eigenvalue weighted by Crippen LogP contribution is 2.28. The van der Waals surface area contributed by atoms with Gasteiger partial charge in [-0.25, -0.2) is 0 Å². The third kappa shape index (κ3) is 7.83. The molecule has 0 bridgehead atoms. The second kappa shape index (κ2) is 12.1. The van der Waals surface area contributed by atoms with Crippen LogP contribution in [0, 0.1) is 0 Å². The number of ketones is 2. The van der Waals surface area contributed by atoms with Crippen LogP contribution in [-0.4, -0.2) is 84.5 Å². The Bertz CT molecular complexity index is 744. The number of rotatable bonds is 8. The molecule has 1 amide bonds. The fourth-order valence-corrected chi connectivity index (χ4v) is 3.28. The molecule has 2 aliphatic heterocycles. The maximum absolute atomic E-state index is 12.5. The van der Waals surface area contributed by atoms with Crippen molar-refractivity contribution < 1.29 is 35.1 Å². The van der Waals surface area contributed by atoms with E-state index in [1.54, 1.807) is 13.8 Å². The second-order valence-electron chi connectivity index (χ2n) is 8.04. The third-order valence-corrected chi connectivity index (χ3v) is 5.18. The highest BCUT2D eigenvalue weighted by Gasteiger charge is 2.43. The van der Waals surface area contributed by atoms with E-state index in [-0.39, 0.29) is 56.3 Å². The van der Waals surface area contributed by atoms with Crippen LogP contribution in [0.2, 0.25) is 0 Å². The minimum absolute atomic E-state index is 0.00721. The Balaban J connectivity index is 0.00000172. The number of amides is 1. The van der Waals surface area contributed by atoms with Crippen LogP contribution in [0.15, 0.2) is 11.8 Å². The van der Waals surface area contributed by atoms with Crippen LogP contribution in [-0.2, 0) is 28.7 Å². The Labute approximate surface area is 187 Å². The molecular weight excluding hydrogens is 404 g/mol. The summed E-state index contributed by atoms with van der Waals surface area (Å²) in [5, 5.41) is 3.50. The minimum atomic E-state index is -1.11. The average molecular weight is 444 g/mol. The van der Waals surface area contributed by atoms with Crippen LogP contribution in [0.1, 0.15) is 61.6 Å². The fraction of sp³-hybridized carbons (Fsp3) is 0.727. The number of carbonyl (C=O) groups excluding carboxylic acids is 4. The molecule has 31 heavy (non-hydrogen) atoms. The zero-order chi connectivity index (χ0) is 25.2. The van der Waals surface area contributed by atoms with Crippen molar-refractivity contribution in [1.82, 2.24) is 9.80 Å². The number of allylic oxidation sites excluding steroid dienone is 1. The molecule has 0 spiro atoms. The molecule has 1 fully saturated rings. The average Bonchev–Trinajstić information content (AvgIpc) is 2.78. The summed E-state index contributed by atoms with van der Waals surface area (Å²) in [6.07, 6.45) is 1.09. The van der Waals surface area contributed by atoms with Crippen molar-refractivity contribution in [3.8, 4) is 0 Å². The van der Waals surface area contributed by atoms with E-state index < -0.39 is 17.8 Å². The predicted molar refractivity (Wildman–Crippen MR) is 114 cm³/mol. The molecule has 9 heteroatoms. The van der Waals surface area contributed by atoms with E-state index in [1.807, 2.05) is 13.8 Å². The number of hydrogen-bond acceptors (Lipinski definition) is 8. The SMILES string of the molecule is [2H]C[C@@]1(COC(=O)CCC(=O)CC)CN(C(C)C)C[C@H](N2C=C(C)C(=O)CC2=O)O1.[3H]OC. The highest BCUT2D eigenvalue weighted by atomic mass is 16.6. The van der Waals surface area contributed by atoms with Crippen LogP contribution in [0.25, 0.3) is 0 Å².